The largest absolute Gasteiger partial charge is 0.490 e. The molecule has 1 aromatic carbocycles. The molecule has 2 N–H and O–H groups in total. The van der Waals surface area contributed by atoms with E-state index in [1.165, 1.54) is 6.07 Å². The van der Waals surface area contributed by atoms with Crippen molar-refractivity contribution in [1.29, 1.82) is 0 Å². The molecule has 0 aromatic heterocycles. The van der Waals surface area contributed by atoms with E-state index in [1.807, 2.05) is 13.8 Å². The summed E-state index contributed by atoms with van der Waals surface area (Å²) < 4.78 is 32.5. The van der Waals surface area contributed by atoms with Gasteiger partial charge in [0.25, 0.3) is 0 Å². The monoisotopic (exact) mass is 255 g/mol. The van der Waals surface area contributed by atoms with Gasteiger partial charge in [0.1, 0.15) is 5.82 Å². The molecule has 2 rings (SSSR count). The average Bonchev–Trinajstić information content (AvgIpc) is 2.97. The summed E-state index contributed by atoms with van der Waals surface area (Å²) in [5.41, 5.74) is 5.88. The number of halogens is 2. The normalized spacial score (nSPS) is 15.8. The van der Waals surface area contributed by atoms with Crippen LogP contribution in [0.2, 0.25) is 0 Å². The third-order valence-corrected chi connectivity index (χ3v) is 2.89. The average molecular weight is 255 g/mol. The van der Waals surface area contributed by atoms with Crippen molar-refractivity contribution < 1.29 is 13.5 Å². The molecule has 0 atom stereocenters. The van der Waals surface area contributed by atoms with E-state index in [4.69, 9.17) is 10.5 Å². The van der Waals surface area contributed by atoms with Crippen molar-refractivity contribution in [3.63, 3.8) is 0 Å². The van der Waals surface area contributed by atoms with Crippen LogP contribution in [0.5, 0.6) is 5.75 Å². The third kappa shape index (κ3) is 3.67. The fourth-order valence-corrected chi connectivity index (χ4v) is 1.88. The molecule has 18 heavy (non-hydrogen) atoms. The van der Waals surface area contributed by atoms with Gasteiger partial charge in [0.15, 0.2) is 11.6 Å². The van der Waals surface area contributed by atoms with Crippen LogP contribution in [-0.2, 0) is 6.42 Å². The molecule has 0 saturated heterocycles. The van der Waals surface area contributed by atoms with Gasteiger partial charge in [-0.1, -0.05) is 0 Å². The fraction of sp³-hybridized carbons (Fsp3) is 0.571. The maximum atomic E-state index is 13.8. The van der Waals surface area contributed by atoms with Crippen molar-refractivity contribution in [1.82, 2.24) is 0 Å². The second kappa shape index (κ2) is 4.84. The first kappa shape index (κ1) is 13.3. The van der Waals surface area contributed by atoms with E-state index in [2.05, 4.69) is 0 Å². The van der Waals surface area contributed by atoms with Gasteiger partial charge in [-0.3, -0.25) is 0 Å². The lowest BCUT2D eigenvalue weighted by molar-refractivity contribution is 0.279. The van der Waals surface area contributed by atoms with Crippen LogP contribution in [0, 0.1) is 17.6 Å². The lowest BCUT2D eigenvalue weighted by Gasteiger charge is -2.21. The predicted molar refractivity (Wildman–Crippen MR) is 66.5 cm³/mol. The van der Waals surface area contributed by atoms with E-state index < -0.39 is 17.2 Å². The highest BCUT2D eigenvalue weighted by Gasteiger charge is 2.24. The summed E-state index contributed by atoms with van der Waals surface area (Å²) in [5.74, 6) is -0.560. The molecular formula is C14H19F2NO. The van der Waals surface area contributed by atoms with Crippen molar-refractivity contribution in [2.75, 3.05) is 6.61 Å². The summed E-state index contributed by atoms with van der Waals surface area (Å²) in [6.07, 6.45) is 2.63. The maximum Gasteiger partial charge on any atom is 0.168 e. The molecule has 2 nitrogen and oxygen atoms in total. The number of rotatable bonds is 5. The van der Waals surface area contributed by atoms with Crippen LogP contribution in [0.15, 0.2) is 12.1 Å². The van der Waals surface area contributed by atoms with Gasteiger partial charge in [-0.05, 0) is 45.1 Å². The zero-order chi connectivity index (χ0) is 13.3. The molecule has 1 aliphatic carbocycles. The zero-order valence-corrected chi connectivity index (χ0v) is 10.8. The van der Waals surface area contributed by atoms with Crippen LogP contribution >= 0.6 is 0 Å². The molecule has 1 aliphatic rings. The summed E-state index contributed by atoms with van der Waals surface area (Å²) in [5, 5.41) is 0. The molecule has 0 spiro atoms. The van der Waals surface area contributed by atoms with Crippen molar-refractivity contribution in [2.24, 2.45) is 11.7 Å². The Morgan fingerprint density at radius 1 is 1.33 bits per heavy atom. The Morgan fingerprint density at radius 2 is 2.00 bits per heavy atom. The quantitative estimate of drug-likeness (QED) is 0.877. The van der Waals surface area contributed by atoms with Crippen LogP contribution in [0.4, 0.5) is 8.78 Å². The molecule has 0 heterocycles. The van der Waals surface area contributed by atoms with Crippen LogP contribution in [0.3, 0.4) is 0 Å². The summed E-state index contributed by atoms with van der Waals surface area (Å²) >= 11 is 0. The predicted octanol–water partition coefficient (Wildman–Crippen LogP) is 3.03. The van der Waals surface area contributed by atoms with E-state index in [9.17, 15) is 8.78 Å². The van der Waals surface area contributed by atoms with Gasteiger partial charge >= 0.3 is 0 Å². The van der Waals surface area contributed by atoms with Gasteiger partial charge in [-0.2, -0.15) is 0 Å². The number of hydrogen-bond acceptors (Lipinski definition) is 2. The smallest absolute Gasteiger partial charge is 0.168 e. The highest BCUT2D eigenvalue weighted by molar-refractivity contribution is 5.37. The summed E-state index contributed by atoms with van der Waals surface area (Å²) in [7, 11) is 0. The number of ether oxygens (including phenoxy) is 1. The van der Waals surface area contributed by atoms with Crippen molar-refractivity contribution in [3.05, 3.63) is 29.3 Å². The van der Waals surface area contributed by atoms with E-state index in [-0.39, 0.29) is 5.75 Å². The fourth-order valence-electron chi connectivity index (χ4n) is 1.88. The molecule has 0 aliphatic heterocycles. The topological polar surface area (TPSA) is 35.2 Å². The molecule has 0 radical (unpaired) electrons. The van der Waals surface area contributed by atoms with Crippen molar-refractivity contribution in [2.45, 2.75) is 38.6 Å². The van der Waals surface area contributed by atoms with Crippen molar-refractivity contribution >= 4 is 0 Å². The second-order valence-electron chi connectivity index (χ2n) is 5.80. The molecule has 0 bridgehead atoms. The van der Waals surface area contributed by atoms with E-state index >= 15 is 0 Å². The Bertz CT molecular complexity index is 436. The minimum absolute atomic E-state index is 0.154. The summed E-state index contributed by atoms with van der Waals surface area (Å²) in [6.45, 7) is 4.14. The molecule has 0 amide bonds. The van der Waals surface area contributed by atoms with Crippen LogP contribution in [-0.4, -0.2) is 12.1 Å². The molecular weight excluding hydrogens is 236 g/mol. The lowest BCUT2D eigenvalue weighted by Crippen LogP contribution is -2.34. The van der Waals surface area contributed by atoms with Crippen LogP contribution in [0.1, 0.15) is 32.3 Å². The van der Waals surface area contributed by atoms with Gasteiger partial charge in [-0.15, -0.1) is 0 Å². The van der Waals surface area contributed by atoms with Crippen molar-refractivity contribution in [3.8, 4) is 5.75 Å². The Hall–Kier alpha value is -1.16. The Kier molecular flexibility index (Phi) is 3.57. The molecule has 1 fully saturated rings. The SMILES string of the molecule is CC(C)(N)Cc1cc(F)cc(F)c1OCC1CC1. The molecule has 1 aromatic rings. The second-order valence-corrected chi connectivity index (χ2v) is 5.80. The Balaban J connectivity index is 2.22. The highest BCUT2D eigenvalue weighted by Crippen LogP contribution is 2.32. The lowest BCUT2D eigenvalue weighted by atomic mass is 9.95. The van der Waals surface area contributed by atoms with E-state index in [1.54, 1.807) is 0 Å². The standard InChI is InChI=1S/C14H19F2NO/c1-14(2,17)7-10-5-11(15)6-12(16)13(10)18-8-9-3-4-9/h5-6,9H,3-4,7-8,17H2,1-2H3. The van der Waals surface area contributed by atoms with E-state index in [0.717, 1.165) is 18.9 Å². The van der Waals surface area contributed by atoms with Gasteiger partial charge in [0, 0.05) is 17.2 Å². The number of hydrogen-bond donors (Lipinski definition) is 1. The zero-order valence-electron chi connectivity index (χ0n) is 10.8. The summed E-state index contributed by atoms with van der Waals surface area (Å²) in [4.78, 5) is 0. The first-order valence-electron chi connectivity index (χ1n) is 6.25. The Morgan fingerprint density at radius 3 is 2.56 bits per heavy atom. The minimum atomic E-state index is -0.644. The van der Waals surface area contributed by atoms with Gasteiger partial charge in [0.2, 0.25) is 0 Å². The number of nitrogens with two attached hydrogens (primary N) is 1. The number of benzene rings is 1. The Labute approximate surface area is 106 Å². The highest BCUT2D eigenvalue weighted by atomic mass is 19.1. The first-order chi connectivity index (χ1) is 8.35. The molecule has 1 saturated carbocycles. The minimum Gasteiger partial charge on any atom is -0.490 e. The summed E-state index contributed by atoms with van der Waals surface area (Å²) in [6, 6.07) is 2.16. The molecule has 4 heteroatoms. The van der Waals surface area contributed by atoms with E-state index in [0.29, 0.717) is 24.5 Å². The third-order valence-electron chi connectivity index (χ3n) is 2.89. The van der Waals surface area contributed by atoms with Crippen LogP contribution < -0.4 is 10.5 Å². The molecule has 100 valence electrons. The van der Waals surface area contributed by atoms with Gasteiger partial charge in [0.05, 0.1) is 6.61 Å². The first-order valence-corrected chi connectivity index (χ1v) is 6.25. The van der Waals surface area contributed by atoms with Gasteiger partial charge in [-0.25, -0.2) is 8.78 Å². The van der Waals surface area contributed by atoms with Crippen LogP contribution in [0.25, 0.3) is 0 Å². The van der Waals surface area contributed by atoms with Gasteiger partial charge < -0.3 is 10.5 Å². The maximum absolute atomic E-state index is 13.8. The molecule has 0 unspecified atom stereocenters.